The van der Waals surface area contributed by atoms with Crippen molar-refractivity contribution in [1.29, 1.82) is 0 Å². The molecule has 7 heteroatoms. The van der Waals surface area contributed by atoms with E-state index in [4.69, 9.17) is 18.0 Å². The average molecular weight is 278 g/mol. The van der Waals surface area contributed by atoms with E-state index in [1.54, 1.807) is 19.1 Å². The number of thiophene rings is 1. The van der Waals surface area contributed by atoms with Gasteiger partial charge in [0.15, 0.2) is 0 Å². The Balaban J connectivity index is 2.70. The second kappa shape index (κ2) is 5.22. The molecule has 1 atom stereocenters. The molecule has 16 heavy (non-hydrogen) atoms. The van der Waals surface area contributed by atoms with Crippen LogP contribution in [0.5, 0.6) is 0 Å². The molecule has 0 amide bonds. The summed E-state index contributed by atoms with van der Waals surface area (Å²) < 4.78 is 26.4. The Hall–Kier alpha value is -0.500. The minimum atomic E-state index is -3.41. The molecule has 0 aliphatic carbocycles. The van der Waals surface area contributed by atoms with Crippen LogP contribution in [0.15, 0.2) is 16.3 Å². The van der Waals surface area contributed by atoms with E-state index in [-0.39, 0.29) is 12.5 Å². The first-order valence-electron chi connectivity index (χ1n) is 4.68. The largest absolute Gasteiger partial charge is 0.393 e. The molecule has 1 aromatic heterocycles. The summed E-state index contributed by atoms with van der Waals surface area (Å²) in [6.07, 6.45) is 0. The predicted molar refractivity (Wildman–Crippen MR) is 70.2 cm³/mol. The van der Waals surface area contributed by atoms with Crippen LogP contribution >= 0.6 is 23.6 Å². The van der Waals surface area contributed by atoms with Gasteiger partial charge in [-0.3, -0.25) is 0 Å². The van der Waals surface area contributed by atoms with E-state index in [0.29, 0.717) is 9.20 Å². The summed E-state index contributed by atoms with van der Waals surface area (Å²) in [5.74, 6) is -0.147. The summed E-state index contributed by atoms with van der Waals surface area (Å²) in [4.78, 5) is 1.27. The van der Waals surface area contributed by atoms with Gasteiger partial charge in [0.2, 0.25) is 10.0 Å². The van der Waals surface area contributed by atoms with Crippen LogP contribution < -0.4 is 10.5 Å². The fourth-order valence-electron chi connectivity index (χ4n) is 0.963. The quantitative estimate of drug-likeness (QED) is 0.795. The first-order valence-corrected chi connectivity index (χ1v) is 7.39. The summed E-state index contributed by atoms with van der Waals surface area (Å²) >= 11 is 6.01. The van der Waals surface area contributed by atoms with Gasteiger partial charge in [0.05, 0.1) is 4.99 Å². The summed E-state index contributed by atoms with van der Waals surface area (Å²) in [6.45, 7) is 3.88. The minimum absolute atomic E-state index is 0.147. The van der Waals surface area contributed by atoms with Gasteiger partial charge in [-0.05, 0) is 19.1 Å². The highest BCUT2D eigenvalue weighted by Crippen LogP contribution is 2.20. The minimum Gasteiger partial charge on any atom is -0.393 e. The number of nitrogens with two attached hydrogens (primary N) is 1. The topological polar surface area (TPSA) is 72.2 Å². The molecule has 0 saturated heterocycles. The van der Waals surface area contributed by atoms with Crippen LogP contribution in [0.3, 0.4) is 0 Å². The number of hydrogen-bond acceptors (Lipinski definition) is 4. The molecule has 0 aliphatic heterocycles. The molecule has 1 rings (SSSR count). The van der Waals surface area contributed by atoms with Crippen LogP contribution in [0.25, 0.3) is 0 Å². The molecule has 3 N–H and O–H groups in total. The Labute approximate surface area is 105 Å². The van der Waals surface area contributed by atoms with E-state index in [9.17, 15) is 8.42 Å². The summed E-state index contributed by atoms with van der Waals surface area (Å²) in [5.41, 5.74) is 5.41. The second-order valence-corrected chi connectivity index (χ2v) is 7.27. The van der Waals surface area contributed by atoms with Gasteiger partial charge in [-0.1, -0.05) is 19.1 Å². The van der Waals surface area contributed by atoms with Crippen LogP contribution in [0.4, 0.5) is 0 Å². The normalized spacial score (nSPS) is 13.6. The van der Waals surface area contributed by atoms with Gasteiger partial charge in [-0.25, -0.2) is 13.1 Å². The van der Waals surface area contributed by atoms with E-state index >= 15 is 0 Å². The van der Waals surface area contributed by atoms with Crippen molar-refractivity contribution >= 4 is 38.6 Å². The molecule has 1 aromatic rings. The molecule has 0 fully saturated rings. The Morgan fingerprint density at radius 1 is 1.62 bits per heavy atom. The van der Waals surface area contributed by atoms with Crippen molar-refractivity contribution in [3.63, 3.8) is 0 Å². The maximum absolute atomic E-state index is 11.8. The van der Waals surface area contributed by atoms with Crippen molar-refractivity contribution < 1.29 is 8.42 Å². The smallest absolute Gasteiger partial charge is 0.250 e. The van der Waals surface area contributed by atoms with Crippen LogP contribution in [-0.2, 0) is 10.0 Å². The molecule has 0 bridgehead atoms. The Bertz CT molecular complexity index is 479. The van der Waals surface area contributed by atoms with Crippen LogP contribution in [0, 0.1) is 12.8 Å². The fourth-order valence-corrected chi connectivity index (χ4v) is 3.50. The van der Waals surface area contributed by atoms with Gasteiger partial charge in [0.25, 0.3) is 0 Å². The van der Waals surface area contributed by atoms with Crippen molar-refractivity contribution in [3.8, 4) is 0 Å². The molecule has 1 heterocycles. The molecular weight excluding hydrogens is 264 g/mol. The lowest BCUT2D eigenvalue weighted by Crippen LogP contribution is -2.33. The van der Waals surface area contributed by atoms with Gasteiger partial charge in [0.1, 0.15) is 4.21 Å². The van der Waals surface area contributed by atoms with Gasteiger partial charge >= 0.3 is 0 Å². The number of rotatable bonds is 5. The van der Waals surface area contributed by atoms with Gasteiger partial charge in [-0.2, -0.15) is 0 Å². The lowest BCUT2D eigenvalue weighted by molar-refractivity contribution is 0.577. The first-order chi connectivity index (χ1) is 7.33. The van der Waals surface area contributed by atoms with Crippen LogP contribution in [0.2, 0.25) is 0 Å². The van der Waals surface area contributed by atoms with Crippen molar-refractivity contribution in [3.05, 3.63) is 17.0 Å². The molecule has 0 aromatic carbocycles. The molecule has 1 unspecified atom stereocenters. The fraction of sp³-hybridized carbons (Fsp3) is 0.444. The third kappa shape index (κ3) is 3.51. The number of nitrogens with one attached hydrogen (secondary N) is 1. The van der Waals surface area contributed by atoms with Crippen molar-refractivity contribution in [2.24, 2.45) is 11.7 Å². The summed E-state index contributed by atoms with van der Waals surface area (Å²) in [5, 5.41) is 0. The third-order valence-electron chi connectivity index (χ3n) is 2.05. The summed E-state index contributed by atoms with van der Waals surface area (Å²) in [7, 11) is -3.41. The number of aryl methyl sites for hydroxylation is 1. The molecule has 0 spiro atoms. The zero-order chi connectivity index (χ0) is 12.3. The number of sulfonamides is 1. The zero-order valence-corrected chi connectivity index (χ0v) is 11.5. The Morgan fingerprint density at radius 2 is 2.25 bits per heavy atom. The standard InChI is InChI=1S/C9H14N2O2S3/c1-6(9(10)14)5-11-16(12,13)8-4-3-7(2)15-8/h3-4,6,11H,5H2,1-2H3,(H2,10,14). The maximum atomic E-state index is 11.8. The van der Waals surface area contributed by atoms with E-state index in [1.807, 2.05) is 6.92 Å². The predicted octanol–water partition coefficient (Wildman–Crippen LogP) is 1.26. The van der Waals surface area contributed by atoms with Crippen molar-refractivity contribution in [2.45, 2.75) is 18.1 Å². The highest BCUT2D eigenvalue weighted by atomic mass is 32.2. The van der Waals surface area contributed by atoms with Crippen LogP contribution in [-0.4, -0.2) is 20.0 Å². The molecule has 0 saturated carbocycles. The molecule has 0 radical (unpaired) electrons. The Morgan fingerprint density at radius 3 is 2.69 bits per heavy atom. The maximum Gasteiger partial charge on any atom is 0.250 e. The second-order valence-electron chi connectivity index (χ2n) is 3.52. The lowest BCUT2D eigenvalue weighted by Gasteiger charge is -2.10. The monoisotopic (exact) mass is 278 g/mol. The van der Waals surface area contributed by atoms with Gasteiger partial charge < -0.3 is 5.73 Å². The van der Waals surface area contributed by atoms with Gasteiger partial charge in [0, 0.05) is 17.3 Å². The Kier molecular flexibility index (Phi) is 4.43. The van der Waals surface area contributed by atoms with E-state index in [2.05, 4.69) is 4.72 Å². The first kappa shape index (κ1) is 13.6. The highest BCUT2D eigenvalue weighted by Gasteiger charge is 2.17. The molecular formula is C9H14N2O2S3. The van der Waals surface area contributed by atoms with E-state index in [0.717, 1.165) is 4.88 Å². The van der Waals surface area contributed by atoms with Crippen molar-refractivity contribution in [1.82, 2.24) is 4.72 Å². The van der Waals surface area contributed by atoms with E-state index in [1.165, 1.54) is 11.3 Å². The average Bonchev–Trinajstić information content (AvgIpc) is 2.61. The zero-order valence-electron chi connectivity index (χ0n) is 9.06. The van der Waals surface area contributed by atoms with Gasteiger partial charge in [-0.15, -0.1) is 11.3 Å². The number of thiocarbonyl (C=S) groups is 1. The molecule has 4 nitrogen and oxygen atoms in total. The SMILES string of the molecule is Cc1ccc(S(=O)(=O)NCC(C)C(N)=S)s1. The lowest BCUT2D eigenvalue weighted by atomic mass is 10.2. The highest BCUT2D eigenvalue weighted by molar-refractivity contribution is 7.91. The molecule has 0 aliphatic rings. The van der Waals surface area contributed by atoms with Crippen molar-refractivity contribution in [2.75, 3.05) is 6.54 Å². The third-order valence-corrected chi connectivity index (χ3v) is 5.36. The molecule has 90 valence electrons. The summed E-state index contributed by atoms with van der Waals surface area (Å²) in [6, 6.07) is 3.37. The van der Waals surface area contributed by atoms with Crippen LogP contribution in [0.1, 0.15) is 11.8 Å². The number of hydrogen-bond donors (Lipinski definition) is 2. The van der Waals surface area contributed by atoms with E-state index < -0.39 is 10.0 Å².